The summed E-state index contributed by atoms with van der Waals surface area (Å²) in [7, 11) is 0. The zero-order valence-electron chi connectivity index (χ0n) is 19.2. The number of ether oxygens (including phenoxy) is 1. The van der Waals surface area contributed by atoms with Crippen molar-refractivity contribution in [3.8, 4) is 0 Å². The van der Waals surface area contributed by atoms with Gasteiger partial charge in [0, 0.05) is 37.0 Å². The third-order valence-electron chi connectivity index (χ3n) is 7.53. The van der Waals surface area contributed by atoms with Gasteiger partial charge in [-0.1, -0.05) is 13.0 Å². The summed E-state index contributed by atoms with van der Waals surface area (Å²) in [6, 6.07) is 4.15. The maximum atomic E-state index is 13.4. The number of hydrogen-bond acceptors (Lipinski definition) is 4. The van der Waals surface area contributed by atoms with Crippen LogP contribution in [0.2, 0.25) is 0 Å². The SMILES string of the molecule is Cc1cccn2c(C(C)(CC(=O)C3[C@H]4CN(C(=O)OC(C)(C)C)C[C@@H]34)C3CC3)ncc12. The van der Waals surface area contributed by atoms with Crippen molar-refractivity contribution in [1.29, 1.82) is 0 Å². The molecule has 0 N–H and O–H groups in total. The molecule has 2 aromatic heterocycles. The zero-order chi connectivity index (χ0) is 22.1. The van der Waals surface area contributed by atoms with E-state index in [4.69, 9.17) is 9.72 Å². The van der Waals surface area contributed by atoms with Crippen LogP contribution in [-0.2, 0) is 14.9 Å². The van der Waals surface area contributed by atoms with Crippen molar-refractivity contribution in [3.63, 3.8) is 0 Å². The van der Waals surface area contributed by atoms with Gasteiger partial charge in [-0.25, -0.2) is 9.78 Å². The Hall–Kier alpha value is -2.37. The minimum absolute atomic E-state index is 0.0877. The minimum atomic E-state index is -0.490. The molecule has 2 aromatic rings. The molecule has 2 unspecified atom stereocenters. The third kappa shape index (κ3) is 3.54. The molecular weight excluding hydrogens is 390 g/mol. The van der Waals surface area contributed by atoms with Gasteiger partial charge in [-0.05, 0) is 69.9 Å². The Balaban J connectivity index is 1.29. The van der Waals surface area contributed by atoms with Gasteiger partial charge in [0.2, 0.25) is 0 Å². The number of pyridine rings is 1. The monoisotopic (exact) mass is 423 g/mol. The van der Waals surface area contributed by atoms with Gasteiger partial charge in [0.1, 0.15) is 17.2 Å². The minimum Gasteiger partial charge on any atom is -0.444 e. The molecule has 6 nitrogen and oxygen atoms in total. The number of aryl methyl sites for hydroxylation is 1. The number of Topliss-reactive ketones (excluding diaryl/α,β-unsaturated/α-hetero) is 1. The Morgan fingerprint density at radius 3 is 2.45 bits per heavy atom. The molecule has 3 heterocycles. The standard InChI is InChI=1S/C25H33N3O3/c1-15-7-6-10-28-19(15)12-26-22(28)25(5,16-8-9-16)11-20(29)21-17-13-27(14-18(17)21)23(30)31-24(2,3)4/h6-7,10,12,16-18,21H,8-9,11,13-14H2,1-5H3/t17-,18+,21?,25?. The van der Waals surface area contributed by atoms with Crippen LogP contribution in [0.15, 0.2) is 24.5 Å². The number of nitrogens with zero attached hydrogens (tertiary/aromatic N) is 3. The molecule has 2 aliphatic carbocycles. The average molecular weight is 424 g/mol. The van der Waals surface area contributed by atoms with Gasteiger partial charge in [-0.15, -0.1) is 0 Å². The Labute approximate surface area is 184 Å². The van der Waals surface area contributed by atoms with Crippen molar-refractivity contribution in [2.24, 2.45) is 23.7 Å². The molecule has 166 valence electrons. The molecule has 1 aliphatic heterocycles. The number of aromatic nitrogens is 2. The summed E-state index contributed by atoms with van der Waals surface area (Å²) < 4.78 is 7.68. The molecule has 31 heavy (non-hydrogen) atoms. The van der Waals surface area contributed by atoms with Gasteiger partial charge in [0.15, 0.2) is 0 Å². The highest BCUT2D eigenvalue weighted by atomic mass is 16.6. The van der Waals surface area contributed by atoms with E-state index < -0.39 is 5.60 Å². The summed E-state index contributed by atoms with van der Waals surface area (Å²) in [5, 5.41) is 0. The lowest BCUT2D eigenvalue weighted by Crippen LogP contribution is -2.38. The lowest BCUT2D eigenvalue weighted by atomic mass is 9.78. The largest absolute Gasteiger partial charge is 0.444 e. The summed E-state index contributed by atoms with van der Waals surface area (Å²) in [5.74, 6) is 2.55. The highest BCUT2D eigenvalue weighted by Crippen LogP contribution is 2.56. The highest BCUT2D eigenvalue weighted by Gasteiger charge is 2.61. The normalized spacial score (nSPS) is 27.1. The Morgan fingerprint density at radius 2 is 1.84 bits per heavy atom. The van der Waals surface area contributed by atoms with Gasteiger partial charge < -0.3 is 14.0 Å². The van der Waals surface area contributed by atoms with Crippen LogP contribution in [0.4, 0.5) is 4.79 Å². The maximum Gasteiger partial charge on any atom is 0.410 e. The number of piperidine rings is 1. The molecule has 2 saturated carbocycles. The number of imidazole rings is 1. The van der Waals surface area contributed by atoms with Crippen LogP contribution in [0.5, 0.6) is 0 Å². The van der Waals surface area contributed by atoms with Crippen LogP contribution in [0.3, 0.4) is 0 Å². The molecule has 0 bridgehead atoms. The van der Waals surface area contributed by atoms with E-state index in [2.05, 4.69) is 36.6 Å². The number of ketones is 1. The van der Waals surface area contributed by atoms with E-state index in [1.165, 1.54) is 5.56 Å². The smallest absolute Gasteiger partial charge is 0.410 e. The van der Waals surface area contributed by atoms with Crippen molar-refractivity contribution in [2.45, 2.75) is 64.9 Å². The molecule has 3 aliphatic rings. The Morgan fingerprint density at radius 1 is 1.16 bits per heavy atom. The second kappa shape index (κ2) is 6.81. The number of hydrogen-bond donors (Lipinski definition) is 0. The van der Waals surface area contributed by atoms with E-state index in [1.807, 2.05) is 27.0 Å². The van der Waals surface area contributed by atoms with Crippen molar-refractivity contribution in [3.05, 3.63) is 35.9 Å². The van der Waals surface area contributed by atoms with Gasteiger partial charge >= 0.3 is 6.09 Å². The van der Waals surface area contributed by atoms with Crippen LogP contribution in [0, 0.1) is 30.6 Å². The quantitative estimate of drug-likeness (QED) is 0.716. The predicted octanol–water partition coefficient (Wildman–Crippen LogP) is 4.38. The molecule has 6 heteroatoms. The van der Waals surface area contributed by atoms with Crippen LogP contribution in [0.25, 0.3) is 5.52 Å². The molecule has 1 amide bonds. The van der Waals surface area contributed by atoms with E-state index in [9.17, 15) is 9.59 Å². The van der Waals surface area contributed by atoms with Gasteiger partial charge in [0.25, 0.3) is 0 Å². The fourth-order valence-corrected chi connectivity index (χ4v) is 5.67. The number of carbonyl (C=O) groups excluding carboxylic acids is 2. The van der Waals surface area contributed by atoms with Crippen molar-refractivity contribution < 1.29 is 14.3 Å². The Kier molecular flexibility index (Phi) is 4.51. The van der Waals surface area contributed by atoms with E-state index in [0.29, 0.717) is 43.0 Å². The van der Waals surface area contributed by atoms with Crippen molar-refractivity contribution in [2.75, 3.05) is 13.1 Å². The second-order valence-corrected chi connectivity index (χ2v) is 11.1. The van der Waals surface area contributed by atoms with Gasteiger partial charge in [0.05, 0.1) is 11.7 Å². The number of amides is 1. The lowest BCUT2D eigenvalue weighted by molar-refractivity contribution is -0.122. The maximum absolute atomic E-state index is 13.4. The van der Waals surface area contributed by atoms with Crippen LogP contribution in [0.1, 0.15) is 58.3 Å². The summed E-state index contributed by atoms with van der Waals surface area (Å²) in [6.45, 7) is 11.3. The number of likely N-dealkylation sites (tertiary alicyclic amines) is 1. The molecular formula is C25H33N3O3. The fourth-order valence-electron chi connectivity index (χ4n) is 5.67. The van der Waals surface area contributed by atoms with Crippen molar-refractivity contribution >= 4 is 17.4 Å². The first-order chi connectivity index (χ1) is 14.6. The first-order valence-electron chi connectivity index (χ1n) is 11.5. The summed E-state index contributed by atoms with van der Waals surface area (Å²) in [6.07, 6.45) is 6.62. The molecule has 3 fully saturated rings. The lowest BCUT2D eigenvalue weighted by Gasteiger charge is -2.29. The number of rotatable bonds is 5. The summed E-state index contributed by atoms with van der Waals surface area (Å²) >= 11 is 0. The van der Waals surface area contributed by atoms with E-state index in [1.54, 1.807) is 4.90 Å². The first-order valence-corrected chi connectivity index (χ1v) is 11.5. The highest BCUT2D eigenvalue weighted by molar-refractivity contribution is 5.86. The topological polar surface area (TPSA) is 63.9 Å². The Bertz CT molecular complexity index is 1040. The number of carbonyl (C=O) groups is 2. The van der Waals surface area contributed by atoms with E-state index in [-0.39, 0.29) is 17.4 Å². The van der Waals surface area contributed by atoms with Gasteiger partial charge in [-0.2, -0.15) is 0 Å². The summed E-state index contributed by atoms with van der Waals surface area (Å²) in [4.78, 5) is 32.3. The van der Waals surface area contributed by atoms with E-state index >= 15 is 0 Å². The van der Waals surface area contributed by atoms with Crippen molar-refractivity contribution in [1.82, 2.24) is 14.3 Å². The molecule has 5 rings (SSSR count). The molecule has 0 spiro atoms. The molecule has 4 atom stereocenters. The average Bonchev–Trinajstić information content (AvgIpc) is 3.55. The van der Waals surface area contributed by atoms with E-state index in [0.717, 1.165) is 24.2 Å². The molecule has 0 aromatic carbocycles. The van der Waals surface area contributed by atoms with Crippen LogP contribution >= 0.6 is 0 Å². The zero-order valence-corrected chi connectivity index (χ0v) is 19.2. The predicted molar refractivity (Wildman–Crippen MR) is 118 cm³/mol. The summed E-state index contributed by atoms with van der Waals surface area (Å²) in [5.41, 5.74) is 1.59. The molecule has 0 radical (unpaired) electrons. The number of fused-ring (bicyclic) bond motifs is 2. The third-order valence-corrected chi connectivity index (χ3v) is 7.53. The first kappa shape index (κ1) is 20.5. The van der Waals surface area contributed by atoms with Crippen LogP contribution < -0.4 is 0 Å². The van der Waals surface area contributed by atoms with Crippen LogP contribution in [-0.4, -0.2) is 44.9 Å². The molecule has 1 saturated heterocycles. The fraction of sp³-hybridized carbons (Fsp3) is 0.640. The second-order valence-electron chi connectivity index (χ2n) is 11.1. The van der Waals surface area contributed by atoms with Gasteiger partial charge in [-0.3, -0.25) is 4.79 Å².